The predicted octanol–water partition coefficient (Wildman–Crippen LogP) is 1.77. The Morgan fingerprint density at radius 1 is 1.39 bits per heavy atom. The monoisotopic (exact) mass is 260 g/mol. The van der Waals surface area contributed by atoms with Crippen molar-refractivity contribution in [3.8, 4) is 11.8 Å². The SMILES string of the molecule is O=C(O)c1cc(=O)c2cc(C#CCS)ccc2o1. The summed E-state index contributed by atoms with van der Waals surface area (Å²) in [6.45, 7) is 0. The maximum absolute atomic E-state index is 11.7. The van der Waals surface area contributed by atoms with Crippen molar-refractivity contribution in [3.63, 3.8) is 0 Å². The Balaban J connectivity index is 2.65. The molecule has 0 bridgehead atoms. The molecule has 0 atom stereocenters. The first-order valence-electron chi connectivity index (χ1n) is 5.03. The molecule has 0 unspecified atom stereocenters. The quantitative estimate of drug-likeness (QED) is 0.605. The second-order valence-corrected chi connectivity index (χ2v) is 3.77. The van der Waals surface area contributed by atoms with Gasteiger partial charge < -0.3 is 9.52 Å². The predicted molar refractivity (Wildman–Crippen MR) is 70.2 cm³/mol. The Kier molecular flexibility index (Phi) is 3.40. The fraction of sp³-hybridized carbons (Fsp3) is 0.0769. The van der Waals surface area contributed by atoms with Crippen LogP contribution in [-0.2, 0) is 0 Å². The molecule has 0 fully saturated rings. The molecular weight excluding hydrogens is 252 g/mol. The molecule has 0 amide bonds. The summed E-state index contributed by atoms with van der Waals surface area (Å²) in [6, 6.07) is 5.72. The van der Waals surface area contributed by atoms with E-state index in [2.05, 4.69) is 24.5 Å². The maximum atomic E-state index is 11.7. The van der Waals surface area contributed by atoms with Crippen LogP contribution in [0.3, 0.4) is 0 Å². The zero-order valence-corrected chi connectivity index (χ0v) is 10.0. The van der Waals surface area contributed by atoms with Crippen molar-refractivity contribution < 1.29 is 14.3 Å². The molecule has 0 spiro atoms. The van der Waals surface area contributed by atoms with Gasteiger partial charge in [-0.2, -0.15) is 12.6 Å². The summed E-state index contributed by atoms with van der Waals surface area (Å²) in [7, 11) is 0. The number of aromatic carboxylic acids is 1. The molecule has 0 radical (unpaired) electrons. The van der Waals surface area contributed by atoms with Crippen LogP contribution in [0.25, 0.3) is 11.0 Å². The molecule has 4 nitrogen and oxygen atoms in total. The number of hydrogen-bond acceptors (Lipinski definition) is 4. The number of carboxylic acids is 1. The van der Waals surface area contributed by atoms with Crippen molar-refractivity contribution in [3.05, 3.63) is 45.8 Å². The minimum Gasteiger partial charge on any atom is -0.475 e. The summed E-state index contributed by atoms with van der Waals surface area (Å²) in [4.78, 5) is 22.5. The van der Waals surface area contributed by atoms with Crippen molar-refractivity contribution >= 4 is 29.6 Å². The highest BCUT2D eigenvalue weighted by molar-refractivity contribution is 7.80. The summed E-state index contributed by atoms with van der Waals surface area (Å²) in [5, 5.41) is 9.09. The van der Waals surface area contributed by atoms with Gasteiger partial charge in [-0.05, 0) is 18.2 Å². The van der Waals surface area contributed by atoms with Gasteiger partial charge in [-0.25, -0.2) is 4.79 Å². The highest BCUT2D eigenvalue weighted by Gasteiger charge is 2.10. The first-order valence-corrected chi connectivity index (χ1v) is 5.66. The summed E-state index contributed by atoms with van der Waals surface area (Å²) < 4.78 is 5.10. The van der Waals surface area contributed by atoms with E-state index in [1.54, 1.807) is 12.1 Å². The first kappa shape index (κ1) is 12.3. The van der Waals surface area contributed by atoms with Gasteiger partial charge in [0.15, 0.2) is 5.43 Å². The van der Waals surface area contributed by atoms with E-state index in [0.29, 0.717) is 16.7 Å². The fourth-order valence-corrected chi connectivity index (χ4v) is 1.56. The third-order valence-corrected chi connectivity index (χ3v) is 2.41. The van der Waals surface area contributed by atoms with Gasteiger partial charge in [0, 0.05) is 11.6 Å². The van der Waals surface area contributed by atoms with Crippen molar-refractivity contribution in [1.82, 2.24) is 0 Å². The molecular formula is C13H8O4S. The normalized spacial score (nSPS) is 9.83. The lowest BCUT2D eigenvalue weighted by molar-refractivity contribution is 0.0663. The van der Waals surface area contributed by atoms with E-state index in [4.69, 9.17) is 9.52 Å². The Hall–Kier alpha value is -2.19. The van der Waals surface area contributed by atoms with Crippen molar-refractivity contribution in [2.24, 2.45) is 0 Å². The summed E-state index contributed by atoms with van der Waals surface area (Å²) in [5.74, 6) is 4.37. The Bertz CT molecular complexity index is 734. The van der Waals surface area contributed by atoms with Gasteiger partial charge in [0.05, 0.1) is 11.1 Å². The molecule has 1 heterocycles. The molecule has 1 aromatic carbocycles. The van der Waals surface area contributed by atoms with Crippen LogP contribution in [-0.4, -0.2) is 16.8 Å². The molecule has 2 rings (SSSR count). The largest absolute Gasteiger partial charge is 0.475 e. The van der Waals surface area contributed by atoms with E-state index in [9.17, 15) is 9.59 Å². The van der Waals surface area contributed by atoms with E-state index in [0.717, 1.165) is 6.07 Å². The summed E-state index contributed by atoms with van der Waals surface area (Å²) >= 11 is 3.96. The topological polar surface area (TPSA) is 67.5 Å². The smallest absolute Gasteiger partial charge is 0.371 e. The molecule has 0 saturated carbocycles. The molecule has 5 heteroatoms. The zero-order valence-electron chi connectivity index (χ0n) is 9.14. The van der Waals surface area contributed by atoms with Crippen LogP contribution < -0.4 is 5.43 Å². The van der Waals surface area contributed by atoms with Crippen LogP contribution in [0.4, 0.5) is 0 Å². The van der Waals surface area contributed by atoms with Crippen LogP contribution in [0.5, 0.6) is 0 Å². The van der Waals surface area contributed by atoms with E-state index in [-0.39, 0.29) is 11.3 Å². The fourth-order valence-electron chi connectivity index (χ4n) is 1.48. The van der Waals surface area contributed by atoms with Crippen LogP contribution in [0.2, 0.25) is 0 Å². The number of rotatable bonds is 1. The van der Waals surface area contributed by atoms with Crippen LogP contribution in [0.15, 0.2) is 33.5 Å². The third-order valence-electron chi connectivity index (χ3n) is 2.25. The lowest BCUT2D eigenvalue weighted by Crippen LogP contribution is -2.06. The number of benzene rings is 1. The molecule has 1 N–H and O–H groups in total. The van der Waals surface area contributed by atoms with Gasteiger partial charge in [-0.15, -0.1) is 0 Å². The number of carbonyl (C=O) groups is 1. The second kappa shape index (κ2) is 4.98. The van der Waals surface area contributed by atoms with E-state index in [1.807, 2.05) is 0 Å². The molecule has 1 aromatic heterocycles. The van der Waals surface area contributed by atoms with Gasteiger partial charge >= 0.3 is 5.97 Å². The first-order chi connectivity index (χ1) is 8.61. The molecule has 0 saturated heterocycles. The molecule has 0 aliphatic rings. The summed E-state index contributed by atoms with van der Waals surface area (Å²) in [6.07, 6.45) is 0. The highest BCUT2D eigenvalue weighted by atomic mass is 32.1. The molecule has 0 aliphatic carbocycles. The minimum absolute atomic E-state index is 0.233. The van der Waals surface area contributed by atoms with Crippen LogP contribution in [0.1, 0.15) is 16.1 Å². The molecule has 2 aromatic rings. The van der Waals surface area contributed by atoms with Crippen LogP contribution in [0, 0.1) is 11.8 Å². The summed E-state index contributed by atoms with van der Waals surface area (Å²) in [5.41, 5.74) is 0.492. The van der Waals surface area contributed by atoms with E-state index >= 15 is 0 Å². The third kappa shape index (κ3) is 2.39. The highest BCUT2D eigenvalue weighted by Crippen LogP contribution is 2.14. The second-order valence-electron chi connectivity index (χ2n) is 3.45. The number of carboxylic acid groups (broad SMARTS) is 1. The van der Waals surface area contributed by atoms with Gasteiger partial charge in [0.2, 0.25) is 5.76 Å². The lowest BCUT2D eigenvalue weighted by Gasteiger charge is -1.99. The standard InChI is InChI=1S/C13H8O4S/c14-10-7-12(13(15)16)17-11-4-3-8(2-1-5-18)6-9(10)11/h3-4,6-7,18H,5H2,(H,15,16). The van der Waals surface area contributed by atoms with E-state index in [1.165, 1.54) is 6.07 Å². The molecule has 18 heavy (non-hydrogen) atoms. The van der Waals surface area contributed by atoms with Crippen molar-refractivity contribution in [2.75, 3.05) is 5.75 Å². The number of hydrogen-bond donors (Lipinski definition) is 2. The average molecular weight is 260 g/mol. The average Bonchev–Trinajstić information content (AvgIpc) is 2.36. The maximum Gasteiger partial charge on any atom is 0.371 e. The van der Waals surface area contributed by atoms with Crippen LogP contribution >= 0.6 is 12.6 Å². The zero-order chi connectivity index (χ0) is 13.1. The Labute approximate surface area is 108 Å². The number of fused-ring (bicyclic) bond motifs is 1. The minimum atomic E-state index is -1.27. The van der Waals surface area contributed by atoms with Gasteiger partial charge in [0.1, 0.15) is 5.58 Å². The lowest BCUT2D eigenvalue weighted by atomic mass is 10.1. The van der Waals surface area contributed by atoms with E-state index < -0.39 is 11.4 Å². The Morgan fingerprint density at radius 2 is 2.17 bits per heavy atom. The van der Waals surface area contributed by atoms with Crippen molar-refractivity contribution in [2.45, 2.75) is 0 Å². The Morgan fingerprint density at radius 3 is 2.83 bits per heavy atom. The van der Waals surface area contributed by atoms with Crippen molar-refractivity contribution in [1.29, 1.82) is 0 Å². The number of thiol groups is 1. The van der Waals surface area contributed by atoms with Gasteiger partial charge in [-0.1, -0.05) is 11.8 Å². The molecule has 0 aliphatic heterocycles. The van der Waals surface area contributed by atoms with Gasteiger partial charge in [-0.3, -0.25) is 4.79 Å². The van der Waals surface area contributed by atoms with Gasteiger partial charge in [0.25, 0.3) is 0 Å². The molecule has 90 valence electrons.